The average Bonchev–Trinajstić information content (AvgIpc) is 2.42. The van der Waals surface area contributed by atoms with Crippen molar-refractivity contribution in [1.82, 2.24) is 4.90 Å². The van der Waals surface area contributed by atoms with Crippen LogP contribution in [-0.4, -0.2) is 37.6 Å². The Bertz CT molecular complexity index is 492. The minimum absolute atomic E-state index is 0.0414. The first-order valence-corrected chi connectivity index (χ1v) is 5.95. The van der Waals surface area contributed by atoms with Gasteiger partial charge < -0.3 is 14.4 Å². The van der Waals surface area contributed by atoms with Crippen molar-refractivity contribution < 1.29 is 14.3 Å². The highest BCUT2D eigenvalue weighted by Gasteiger charge is 2.19. The zero-order valence-electron chi connectivity index (χ0n) is 11.6. The normalized spacial score (nSPS) is 9.89. The van der Waals surface area contributed by atoms with Crippen LogP contribution in [0.25, 0.3) is 0 Å². The molecule has 1 amide bonds. The van der Waals surface area contributed by atoms with Crippen LogP contribution in [0.15, 0.2) is 18.2 Å². The molecular formula is C14H18N2O3. The number of amides is 1. The SMILES string of the molecule is COc1ccc(C(=O)N(CC#N)C(C)C)cc1OC. The van der Waals surface area contributed by atoms with E-state index in [1.165, 1.54) is 19.1 Å². The summed E-state index contributed by atoms with van der Waals surface area (Å²) < 4.78 is 10.3. The molecule has 0 N–H and O–H groups in total. The lowest BCUT2D eigenvalue weighted by molar-refractivity contribution is 0.0731. The van der Waals surface area contributed by atoms with E-state index in [9.17, 15) is 4.79 Å². The molecular weight excluding hydrogens is 244 g/mol. The van der Waals surface area contributed by atoms with Crippen LogP contribution in [-0.2, 0) is 0 Å². The number of hydrogen-bond donors (Lipinski definition) is 0. The average molecular weight is 262 g/mol. The molecule has 0 aliphatic heterocycles. The molecule has 0 aliphatic carbocycles. The maximum atomic E-state index is 12.3. The van der Waals surface area contributed by atoms with Gasteiger partial charge in [0.2, 0.25) is 0 Å². The summed E-state index contributed by atoms with van der Waals surface area (Å²) in [5, 5.41) is 8.78. The number of ether oxygens (including phenoxy) is 2. The summed E-state index contributed by atoms with van der Waals surface area (Å²) in [7, 11) is 3.05. The Labute approximate surface area is 113 Å². The monoisotopic (exact) mass is 262 g/mol. The summed E-state index contributed by atoms with van der Waals surface area (Å²) >= 11 is 0. The molecule has 0 aromatic heterocycles. The predicted octanol–water partition coefficient (Wildman–Crippen LogP) is 2.08. The van der Waals surface area contributed by atoms with Gasteiger partial charge in [-0.15, -0.1) is 0 Å². The Morgan fingerprint density at radius 1 is 1.32 bits per heavy atom. The number of rotatable bonds is 5. The van der Waals surface area contributed by atoms with Crippen LogP contribution in [0.3, 0.4) is 0 Å². The van der Waals surface area contributed by atoms with Gasteiger partial charge in [-0.2, -0.15) is 5.26 Å². The molecule has 0 aliphatic rings. The molecule has 0 heterocycles. The fraction of sp³-hybridized carbons (Fsp3) is 0.429. The topological polar surface area (TPSA) is 62.6 Å². The van der Waals surface area contributed by atoms with Crippen molar-refractivity contribution in [2.75, 3.05) is 20.8 Å². The minimum atomic E-state index is -0.197. The van der Waals surface area contributed by atoms with Gasteiger partial charge in [-0.25, -0.2) is 0 Å². The second kappa shape index (κ2) is 6.64. The second-order valence-electron chi connectivity index (χ2n) is 4.25. The molecule has 1 aromatic carbocycles. The first-order chi connectivity index (χ1) is 9.04. The summed E-state index contributed by atoms with van der Waals surface area (Å²) in [5.74, 6) is 0.863. The van der Waals surface area contributed by atoms with Gasteiger partial charge in [-0.1, -0.05) is 0 Å². The van der Waals surface area contributed by atoms with Gasteiger partial charge in [0.15, 0.2) is 11.5 Å². The van der Waals surface area contributed by atoms with Crippen LogP contribution in [0.1, 0.15) is 24.2 Å². The zero-order chi connectivity index (χ0) is 14.4. The highest BCUT2D eigenvalue weighted by atomic mass is 16.5. The molecule has 0 saturated heterocycles. The van der Waals surface area contributed by atoms with Gasteiger partial charge in [0.1, 0.15) is 6.54 Å². The Balaban J connectivity index is 3.08. The lowest BCUT2D eigenvalue weighted by atomic mass is 10.1. The molecule has 5 nitrogen and oxygen atoms in total. The molecule has 0 atom stereocenters. The van der Waals surface area contributed by atoms with E-state index in [0.717, 1.165) is 0 Å². The third-order valence-corrected chi connectivity index (χ3v) is 2.76. The van der Waals surface area contributed by atoms with Crippen LogP contribution in [0.4, 0.5) is 0 Å². The highest BCUT2D eigenvalue weighted by molar-refractivity contribution is 5.95. The smallest absolute Gasteiger partial charge is 0.255 e. The van der Waals surface area contributed by atoms with Crippen molar-refractivity contribution in [2.24, 2.45) is 0 Å². The minimum Gasteiger partial charge on any atom is -0.493 e. The molecule has 19 heavy (non-hydrogen) atoms. The molecule has 0 spiro atoms. The van der Waals surface area contributed by atoms with Crippen LogP contribution in [0.5, 0.6) is 11.5 Å². The first kappa shape index (κ1) is 14.8. The van der Waals surface area contributed by atoms with Gasteiger partial charge >= 0.3 is 0 Å². The van der Waals surface area contributed by atoms with E-state index in [1.54, 1.807) is 18.2 Å². The zero-order valence-corrected chi connectivity index (χ0v) is 11.6. The van der Waals surface area contributed by atoms with Crippen LogP contribution in [0.2, 0.25) is 0 Å². The van der Waals surface area contributed by atoms with Gasteiger partial charge in [0.05, 0.1) is 20.3 Å². The van der Waals surface area contributed by atoms with E-state index in [2.05, 4.69) is 0 Å². The van der Waals surface area contributed by atoms with E-state index in [-0.39, 0.29) is 18.5 Å². The summed E-state index contributed by atoms with van der Waals surface area (Å²) in [5.41, 5.74) is 0.474. The standard InChI is InChI=1S/C14H18N2O3/c1-10(2)16(8-7-15)14(17)11-5-6-12(18-3)13(9-11)19-4/h5-6,9-10H,8H2,1-4H3. The third-order valence-electron chi connectivity index (χ3n) is 2.76. The third kappa shape index (κ3) is 3.38. The molecule has 0 saturated carbocycles. The fourth-order valence-electron chi connectivity index (χ4n) is 1.70. The van der Waals surface area contributed by atoms with E-state index >= 15 is 0 Å². The lowest BCUT2D eigenvalue weighted by Gasteiger charge is -2.24. The number of hydrogen-bond acceptors (Lipinski definition) is 4. The summed E-state index contributed by atoms with van der Waals surface area (Å²) in [6.07, 6.45) is 0. The predicted molar refractivity (Wildman–Crippen MR) is 71.3 cm³/mol. The quantitative estimate of drug-likeness (QED) is 0.762. The van der Waals surface area contributed by atoms with E-state index < -0.39 is 0 Å². The molecule has 102 valence electrons. The number of carbonyl (C=O) groups excluding carboxylic acids is 1. The largest absolute Gasteiger partial charge is 0.493 e. The number of benzene rings is 1. The molecule has 0 fully saturated rings. The summed E-state index contributed by atoms with van der Waals surface area (Å²) in [6, 6.07) is 6.92. The van der Waals surface area contributed by atoms with Crippen molar-refractivity contribution >= 4 is 5.91 Å². The Morgan fingerprint density at radius 3 is 2.42 bits per heavy atom. The maximum Gasteiger partial charge on any atom is 0.255 e. The van der Waals surface area contributed by atoms with E-state index in [1.807, 2.05) is 19.9 Å². The molecule has 1 rings (SSSR count). The Hall–Kier alpha value is -2.22. The van der Waals surface area contributed by atoms with Crippen LogP contribution in [0, 0.1) is 11.3 Å². The van der Waals surface area contributed by atoms with Crippen molar-refractivity contribution in [2.45, 2.75) is 19.9 Å². The first-order valence-electron chi connectivity index (χ1n) is 5.95. The molecule has 0 unspecified atom stereocenters. The maximum absolute atomic E-state index is 12.3. The Kier molecular flexibility index (Phi) is 5.19. The van der Waals surface area contributed by atoms with Gasteiger partial charge in [0.25, 0.3) is 5.91 Å². The second-order valence-corrected chi connectivity index (χ2v) is 4.25. The van der Waals surface area contributed by atoms with Gasteiger partial charge in [0, 0.05) is 11.6 Å². The number of carbonyl (C=O) groups is 1. The van der Waals surface area contributed by atoms with Gasteiger partial charge in [-0.3, -0.25) is 4.79 Å². The van der Waals surface area contributed by atoms with E-state index in [0.29, 0.717) is 17.1 Å². The molecule has 5 heteroatoms. The van der Waals surface area contributed by atoms with Crippen LogP contribution < -0.4 is 9.47 Å². The fourth-order valence-corrected chi connectivity index (χ4v) is 1.70. The van der Waals surface area contributed by atoms with Crippen molar-refractivity contribution in [3.63, 3.8) is 0 Å². The molecule has 0 radical (unpaired) electrons. The lowest BCUT2D eigenvalue weighted by Crippen LogP contribution is -2.37. The molecule has 1 aromatic rings. The summed E-state index contributed by atoms with van der Waals surface area (Å²) in [6.45, 7) is 3.80. The number of nitrogens with zero attached hydrogens (tertiary/aromatic N) is 2. The van der Waals surface area contributed by atoms with Crippen molar-refractivity contribution in [3.05, 3.63) is 23.8 Å². The summed E-state index contributed by atoms with van der Waals surface area (Å²) in [4.78, 5) is 13.8. The van der Waals surface area contributed by atoms with Crippen molar-refractivity contribution in [3.8, 4) is 17.6 Å². The van der Waals surface area contributed by atoms with E-state index in [4.69, 9.17) is 14.7 Å². The number of nitriles is 1. The molecule has 0 bridgehead atoms. The van der Waals surface area contributed by atoms with Crippen LogP contribution >= 0.6 is 0 Å². The van der Waals surface area contributed by atoms with Crippen molar-refractivity contribution in [1.29, 1.82) is 5.26 Å². The highest BCUT2D eigenvalue weighted by Crippen LogP contribution is 2.28. The number of methoxy groups -OCH3 is 2. The van der Waals surface area contributed by atoms with Gasteiger partial charge in [-0.05, 0) is 32.0 Å². The Morgan fingerprint density at radius 2 is 1.95 bits per heavy atom.